The lowest BCUT2D eigenvalue weighted by Crippen LogP contribution is -2.27. The van der Waals surface area contributed by atoms with E-state index in [9.17, 15) is 4.79 Å². The highest BCUT2D eigenvalue weighted by atomic mass is 16.2. The van der Waals surface area contributed by atoms with E-state index in [4.69, 9.17) is 5.10 Å². The second-order valence-corrected chi connectivity index (χ2v) is 8.91. The van der Waals surface area contributed by atoms with Crippen molar-refractivity contribution in [1.29, 1.82) is 0 Å². The quantitative estimate of drug-likeness (QED) is 0.443. The minimum atomic E-state index is 0.105. The number of carbonyl (C=O) groups is 1. The van der Waals surface area contributed by atoms with Crippen LogP contribution >= 0.6 is 0 Å². The van der Waals surface area contributed by atoms with Gasteiger partial charge in [0.1, 0.15) is 0 Å². The van der Waals surface area contributed by atoms with E-state index in [1.54, 1.807) is 4.90 Å². The number of fused-ring (bicyclic) bond motifs is 1. The first-order chi connectivity index (χ1) is 15.7. The minimum absolute atomic E-state index is 0.105. The number of benzene rings is 1. The molecule has 0 saturated carbocycles. The Morgan fingerprint density at radius 1 is 0.939 bits per heavy atom. The third kappa shape index (κ3) is 4.27. The zero-order chi connectivity index (χ0) is 23.9. The summed E-state index contributed by atoms with van der Waals surface area (Å²) >= 11 is 0. The van der Waals surface area contributed by atoms with Crippen LogP contribution in [-0.4, -0.2) is 42.2 Å². The summed E-state index contributed by atoms with van der Waals surface area (Å²) in [4.78, 5) is 19.5. The molecule has 1 amide bonds. The SMILES string of the molecule is Cc1cc2nc(C)c(CCC(=O)N(C)Cc3c(C)nn(-c4ccccc4C)c3C)c(C)n2n1. The molecule has 0 radical (unpaired) electrons. The normalized spacial score (nSPS) is 11.4. The van der Waals surface area contributed by atoms with Gasteiger partial charge < -0.3 is 4.90 Å². The second kappa shape index (κ2) is 8.81. The lowest BCUT2D eigenvalue weighted by molar-refractivity contribution is -0.130. The van der Waals surface area contributed by atoms with Gasteiger partial charge in [-0.15, -0.1) is 0 Å². The molecule has 0 saturated heterocycles. The molecule has 7 nitrogen and oxygen atoms in total. The molecule has 0 aliphatic heterocycles. The zero-order valence-electron chi connectivity index (χ0n) is 20.6. The van der Waals surface area contributed by atoms with E-state index in [1.807, 2.05) is 62.1 Å². The van der Waals surface area contributed by atoms with E-state index in [0.717, 1.165) is 50.9 Å². The molecule has 4 rings (SSSR count). The van der Waals surface area contributed by atoms with E-state index >= 15 is 0 Å². The Balaban J connectivity index is 1.49. The topological polar surface area (TPSA) is 68.3 Å². The molecular formula is C26H32N6O. The van der Waals surface area contributed by atoms with Crippen LogP contribution in [0.15, 0.2) is 30.3 Å². The van der Waals surface area contributed by atoms with Crippen LogP contribution in [0.2, 0.25) is 0 Å². The molecule has 7 heteroatoms. The first kappa shape index (κ1) is 22.7. The molecule has 0 spiro atoms. The van der Waals surface area contributed by atoms with Crippen molar-refractivity contribution in [3.8, 4) is 5.69 Å². The highest BCUT2D eigenvalue weighted by Gasteiger charge is 2.19. The standard InChI is InChI=1S/C26H32N6O/c1-16-10-8-9-11-24(16)31-21(6)23(19(4)29-31)15-30(7)26(33)13-12-22-18(3)27-25-14-17(2)28-32(25)20(22)5/h8-11,14H,12-13,15H2,1-7H3. The number of hydrogen-bond acceptors (Lipinski definition) is 4. The number of aryl methyl sites for hydroxylation is 5. The number of nitrogens with zero attached hydrogens (tertiary/aromatic N) is 6. The predicted octanol–water partition coefficient (Wildman–Crippen LogP) is 4.36. The molecule has 0 atom stereocenters. The van der Waals surface area contributed by atoms with Gasteiger partial charge in [0.15, 0.2) is 5.65 Å². The summed E-state index contributed by atoms with van der Waals surface area (Å²) in [6.07, 6.45) is 1.07. The van der Waals surface area contributed by atoms with Crippen LogP contribution in [0, 0.1) is 41.5 Å². The highest BCUT2D eigenvalue weighted by molar-refractivity contribution is 5.76. The first-order valence-corrected chi connectivity index (χ1v) is 11.3. The van der Waals surface area contributed by atoms with Crippen molar-refractivity contribution in [3.05, 3.63) is 75.5 Å². The number of amides is 1. The van der Waals surface area contributed by atoms with E-state index in [-0.39, 0.29) is 5.91 Å². The van der Waals surface area contributed by atoms with Gasteiger partial charge >= 0.3 is 0 Å². The van der Waals surface area contributed by atoms with E-state index in [2.05, 4.69) is 36.1 Å². The van der Waals surface area contributed by atoms with Crippen molar-refractivity contribution in [3.63, 3.8) is 0 Å². The highest BCUT2D eigenvalue weighted by Crippen LogP contribution is 2.22. The van der Waals surface area contributed by atoms with Crippen LogP contribution in [0.5, 0.6) is 0 Å². The average molecular weight is 445 g/mol. The van der Waals surface area contributed by atoms with Gasteiger partial charge in [-0.2, -0.15) is 10.2 Å². The summed E-state index contributed by atoms with van der Waals surface area (Å²) in [5.74, 6) is 0.105. The molecule has 0 unspecified atom stereocenters. The summed E-state index contributed by atoms with van der Waals surface area (Å²) < 4.78 is 3.86. The third-order valence-corrected chi connectivity index (χ3v) is 6.48. The molecule has 0 aliphatic carbocycles. The number of aromatic nitrogens is 5. The van der Waals surface area contributed by atoms with Crippen molar-refractivity contribution >= 4 is 11.6 Å². The van der Waals surface area contributed by atoms with Gasteiger partial charge in [-0.05, 0) is 65.2 Å². The van der Waals surface area contributed by atoms with Gasteiger partial charge in [-0.3, -0.25) is 4.79 Å². The van der Waals surface area contributed by atoms with Gasteiger partial charge in [0, 0.05) is 48.7 Å². The lowest BCUT2D eigenvalue weighted by atomic mass is 10.1. The van der Waals surface area contributed by atoms with Crippen molar-refractivity contribution < 1.29 is 4.79 Å². The Labute approximate surface area is 195 Å². The largest absolute Gasteiger partial charge is 0.341 e. The zero-order valence-corrected chi connectivity index (χ0v) is 20.6. The van der Waals surface area contributed by atoms with Crippen LogP contribution in [-0.2, 0) is 17.8 Å². The van der Waals surface area contributed by atoms with E-state index in [1.165, 1.54) is 5.56 Å². The number of hydrogen-bond donors (Lipinski definition) is 0. The monoisotopic (exact) mass is 444 g/mol. The van der Waals surface area contributed by atoms with Crippen LogP contribution in [0.25, 0.3) is 11.3 Å². The third-order valence-electron chi connectivity index (χ3n) is 6.48. The molecule has 33 heavy (non-hydrogen) atoms. The molecule has 0 bridgehead atoms. The Morgan fingerprint density at radius 2 is 1.67 bits per heavy atom. The van der Waals surface area contributed by atoms with Gasteiger partial charge in [0.05, 0.1) is 17.1 Å². The van der Waals surface area contributed by atoms with Crippen LogP contribution < -0.4 is 0 Å². The van der Waals surface area contributed by atoms with E-state index < -0.39 is 0 Å². The van der Waals surface area contributed by atoms with Gasteiger partial charge in [-0.25, -0.2) is 14.2 Å². The Kier molecular flexibility index (Phi) is 6.06. The van der Waals surface area contributed by atoms with Crippen LogP contribution in [0.4, 0.5) is 0 Å². The summed E-state index contributed by atoms with van der Waals surface area (Å²) in [6.45, 7) is 12.7. The van der Waals surface area contributed by atoms with Gasteiger partial charge in [0.25, 0.3) is 0 Å². The maximum absolute atomic E-state index is 13.0. The number of rotatable bonds is 6. The lowest BCUT2D eigenvalue weighted by Gasteiger charge is -2.18. The van der Waals surface area contributed by atoms with Crippen LogP contribution in [0.3, 0.4) is 0 Å². The molecule has 172 valence electrons. The molecular weight excluding hydrogens is 412 g/mol. The predicted molar refractivity (Wildman–Crippen MR) is 130 cm³/mol. The van der Waals surface area contributed by atoms with Crippen molar-refractivity contribution in [2.45, 2.75) is 60.9 Å². The Hall–Kier alpha value is -3.48. The molecule has 0 aliphatic rings. The van der Waals surface area contributed by atoms with E-state index in [0.29, 0.717) is 19.4 Å². The summed E-state index contributed by atoms with van der Waals surface area (Å²) in [5, 5.41) is 9.30. The average Bonchev–Trinajstić information content (AvgIpc) is 3.27. The second-order valence-electron chi connectivity index (χ2n) is 8.91. The van der Waals surface area contributed by atoms with Crippen molar-refractivity contribution in [2.24, 2.45) is 0 Å². The molecule has 0 N–H and O–H groups in total. The number of para-hydroxylation sites is 1. The fourth-order valence-electron chi connectivity index (χ4n) is 4.49. The van der Waals surface area contributed by atoms with Crippen molar-refractivity contribution in [2.75, 3.05) is 7.05 Å². The maximum atomic E-state index is 13.0. The summed E-state index contributed by atoms with van der Waals surface area (Å²) in [7, 11) is 1.87. The number of carbonyl (C=O) groups excluding carboxylic acids is 1. The van der Waals surface area contributed by atoms with Crippen molar-refractivity contribution in [1.82, 2.24) is 29.3 Å². The smallest absolute Gasteiger partial charge is 0.222 e. The minimum Gasteiger partial charge on any atom is -0.341 e. The maximum Gasteiger partial charge on any atom is 0.222 e. The molecule has 4 aromatic rings. The fourth-order valence-corrected chi connectivity index (χ4v) is 4.49. The first-order valence-electron chi connectivity index (χ1n) is 11.3. The van der Waals surface area contributed by atoms with Gasteiger partial charge in [0.2, 0.25) is 5.91 Å². The molecule has 0 fully saturated rings. The fraction of sp³-hybridized carbons (Fsp3) is 0.385. The van der Waals surface area contributed by atoms with Crippen LogP contribution in [0.1, 0.15) is 51.6 Å². The van der Waals surface area contributed by atoms with Gasteiger partial charge in [-0.1, -0.05) is 18.2 Å². The molecule has 1 aromatic carbocycles. The molecule has 3 aromatic heterocycles. The summed E-state index contributed by atoms with van der Waals surface area (Å²) in [6, 6.07) is 10.2. The molecule has 3 heterocycles. The Bertz CT molecular complexity index is 1350. The summed E-state index contributed by atoms with van der Waals surface area (Å²) in [5.41, 5.74) is 10.2. The Morgan fingerprint density at radius 3 is 2.39 bits per heavy atom.